The molecule has 0 bridgehead atoms. The molecule has 1 aliphatic rings. The Kier molecular flexibility index (Phi) is 11.2. The van der Waals surface area contributed by atoms with Gasteiger partial charge in [-0.1, -0.05) is 0 Å². The van der Waals surface area contributed by atoms with Crippen molar-refractivity contribution in [3.8, 4) is 0 Å². The molecule has 0 aromatic heterocycles. The van der Waals surface area contributed by atoms with Crippen molar-refractivity contribution in [2.45, 2.75) is 0 Å². The molecule has 66 valence electrons. The SMILES string of the molecule is C1=NCCO1.[Cl][Zn+].[c-]1ccccc1. The van der Waals surface area contributed by atoms with Gasteiger partial charge >= 0.3 is 27.0 Å². The van der Waals surface area contributed by atoms with E-state index in [1.54, 1.807) is 0 Å². The number of benzene rings is 1. The maximum Gasteiger partial charge on any atom is -0.171 e. The molecule has 0 saturated carbocycles. The zero-order valence-electron chi connectivity index (χ0n) is 7.32. The molecule has 1 aliphatic heterocycles. The van der Waals surface area contributed by atoms with Gasteiger partial charge in [0.15, 0.2) is 6.40 Å². The maximum atomic E-state index is 4.76. The van der Waals surface area contributed by atoms with E-state index in [1.807, 2.05) is 30.3 Å². The quantitative estimate of drug-likeness (QED) is 0.510. The minimum absolute atomic E-state index is 0.778. The van der Waals surface area contributed by atoms with Crippen LogP contribution in [0.5, 0.6) is 0 Å². The van der Waals surface area contributed by atoms with Gasteiger partial charge in [-0.3, -0.25) is 4.99 Å². The molecule has 0 fully saturated rings. The Morgan fingerprint density at radius 1 is 1.23 bits per heavy atom. The molecule has 0 radical (unpaired) electrons. The molecule has 4 heteroatoms. The molecule has 0 N–H and O–H groups in total. The number of aliphatic imine (C=N–C) groups is 1. The zero-order valence-corrected chi connectivity index (χ0v) is 11.0. The molecule has 0 spiro atoms. The molecule has 2 rings (SSSR count). The Hall–Kier alpha value is -0.397. The molecule has 13 heavy (non-hydrogen) atoms. The summed E-state index contributed by atoms with van der Waals surface area (Å²) in [7, 11) is 4.76. The van der Waals surface area contributed by atoms with E-state index in [-0.39, 0.29) is 0 Å². The molecule has 2 nitrogen and oxygen atoms in total. The molecular formula is C9H10ClNOZn. The number of hydrogen-bond donors (Lipinski definition) is 0. The van der Waals surface area contributed by atoms with Gasteiger partial charge in [-0.25, -0.2) is 0 Å². The van der Waals surface area contributed by atoms with Gasteiger partial charge in [0.1, 0.15) is 6.61 Å². The Morgan fingerprint density at radius 2 is 1.92 bits per heavy atom. The summed E-state index contributed by atoms with van der Waals surface area (Å²) < 4.78 is 4.65. The van der Waals surface area contributed by atoms with E-state index in [1.165, 1.54) is 6.40 Å². The Bertz CT molecular complexity index is 173. The Morgan fingerprint density at radius 3 is 2.08 bits per heavy atom. The molecular weight excluding hydrogens is 239 g/mol. The van der Waals surface area contributed by atoms with Gasteiger partial charge in [0, 0.05) is 0 Å². The first kappa shape index (κ1) is 12.6. The summed E-state index contributed by atoms with van der Waals surface area (Å²) in [6.07, 6.45) is 1.49. The second kappa shape index (κ2) is 11.6. The predicted molar refractivity (Wildman–Crippen MR) is 50.4 cm³/mol. The van der Waals surface area contributed by atoms with Gasteiger partial charge in [-0.05, 0) is 0 Å². The number of halogens is 1. The van der Waals surface area contributed by atoms with Crippen LogP contribution in [0.25, 0.3) is 0 Å². The molecule has 0 atom stereocenters. The molecule has 1 aromatic carbocycles. The normalized spacial score (nSPS) is 11.6. The summed E-state index contributed by atoms with van der Waals surface area (Å²) in [5, 5.41) is 0. The molecule has 1 heterocycles. The molecule has 0 amide bonds. The van der Waals surface area contributed by atoms with Crippen molar-refractivity contribution >= 4 is 16.1 Å². The first-order valence-corrected chi connectivity index (χ1v) is 7.68. The number of hydrogen-bond acceptors (Lipinski definition) is 2. The van der Waals surface area contributed by atoms with Crippen molar-refractivity contribution < 1.29 is 22.0 Å². The summed E-state index contributed by atoms with van der Waals surface area (Å²) >= 11 is 0.847. The van der Waals surface area contributed by atoms with Crippen LogP contribution in [0.4, 0.5) is 0 Å². The maximum absolute atomic E-state index is 4.76. The Labute approximate surface area is 92.7 Å². The standard InChI is InChI=1S/C6H5.C3H5NO.ClH.Zn/c1-2-4-6-5-3-1;1-2-5-3-4-1;;/h1-5H;3H,1-2H2;1H;/q-1;;;+2/p-1. The van der Waals surface area contributed by atoms with Crippen LogP contribution < -0.4 is 0 Å². The minimum atomic E-state index is 0.778. The van der Waals surface area contributed by atoms with Crippen molar-refractivity contribution in [2.75, 3.05) is 13.2 Å². The van der Waals surface area contributed by atoms with E-state index in [4.69, 9.17) is 9.69 Å². The number of nitrogens with zero attached hydrogens (tertiary/aromatic N) is 1. The van der Waals surface area contributed by atoms with Crippen LogP contribution in [0.1, 0.15) is 0 Å². The molecule has 0 unspecified atom stereocenters. The summed E-state index contributed by atoms with van der Waals surface area (Å²) in [6.45, 7) is 1.62. The van der Waals surface area contributed by atoms with Crippen molar-refractivity contribution in [1.29, 1.82) is 0 Å². The summed E-state index contributed by atoms with van der Waals surface area (Å²) in [6, 6.07) is 12.5. The van der Waals surface area contributed by atoms with Crippen molar-refractivity contribution in [1.82, 2.24) is 0 Å². The fourth-order valence-corrected chi connectivity index (χ4v) is 0.605. The van der Waals surface area contributed by atoms with E-state index in [0.29, 0.717) is 0 Å². The van der Waals surface area contributed by atoms with Crippen molar-refractivity contribution in [3.05, 3.63) is 36.4 Å². The summed E-state index contributed by atoms with van der Waals surface area (Å²) in [4.78, 5) is 3.74. The second-order valence-electron chi connectivity index (χ2n) is 1.96. The first-order chi connectivity index (χ1) is 6.50. The third kappa shape index (κ3) is 9.52. The van der Waals surface area contributed by atoms with Crippen molar-refractivity contribution in [2.24, 2.45) is 4.99 Å². The van der Waals surface area contributed by atoms with Crippen LogP contribution in [0.3, 0.4) is 0 Å². The van der Waals surface area contributed by atoms with E-state index in [0.717, 1.165) is 30.5 Å². The van der Waals surface area contributed by atoms with Crippen LogP contribution in [0.2, 0.25) is 0 Å². The largest absolute Gasteiger partial charge is 0.184 e. The van der Waals surface area contributed by atoms with Gasteiger partial charge < -0.3 is 4.74 Å². The van der Waals surface area contributed by atoms with Gasteiger partial charge in [0.2, 0.25) is 0 Å². The van der Waals surface area contributed by atoms with Crippen LogP contribution in [0, 0.1) is 6.07 Å². The fraction of sp³-hybridized carbons (Fsp3) is 0.222. The second-order valence-corrected chi connectivity index (χ2v) is 1.96. The van der Waals surface area contributed by atoms with Gasteiger partial charge in [-0.2, -0.15) is 36.4 Å². The van der Waals surface area contributed by atoms with Crippen molar-refractivity contribution in [3.63, 3.8) is 0 Å². The monoisotopic (exact) mass is 247 g/mol. The minimum Gasteiger partial charge on any atom is -0.184 e. The van der Waals surface area contributed by atoms with Crippen LogP contribution in [-0.4, -0.2) is 19.6 Å². The summed E-state index contributed by atoms with van der Waals surface area (Å²) in [5.41, 5.74) is 0. The van der Waals surface area contributed by atoms with Crippen LogP contribution in [-0.2, 0) is 22.0 Å². The van der Waals surface area contributed by atoms with E-state index in [9.17, 15) is 0 Å². The average Bonchev–Trinajstić information content (AvgIpc) is 2.82. The third-order valence-electron chi connectivity index (χ3n) is 1.09. The predicted octanol–water partition coefficient (Wildman–Crippen LogP) is 2.22. The molecule has 0 aliphatic carbocycles. The van der Waals surface area contributed by atoms with Crippen LogP contribution in [0.15, 0.2) is 35.3 Å². The number of rotatable bonds is 0. The topological polar surface area (TPSA) is 21.6 Å². The third-order valence-corrected chi connectivity index (χ3v) is 1.09. The molecule has 0 saturated heterocycles. The van der Waals surface area contributed by atoms with Gasteiger partial charge in [-0.15, -0.1) is 0 Å². The molecule has 1 aromatic rings. The van der Waals surface area contributed by atoms with E-state index < -0.39 is 0 Å². The van der Waals surface area contributed by atoms with E-state index >= 15 is 0 Å². The zero-order chi connectivity index (χ0) is 9.78. The summed E-state index contributed by atoms with van der Waals surface area (Å²) in [5.74, 6) is 0. The smallest absolute Gasteiger partial charge is 0.171 e. The number of ether oxygens (including phenoxy) is 1. The average molecular weight is 249 g/mol. The first-order valence-electron chi connectivity index (χ1n) is 3.78. The van der Waals surface area contributed by atoms with Gasteiger partial charge in [0.05, 0.1) is 6.54 Å². The Balaban J connectivity index is 0.000000189. The van der Waals surface area contributed by atoms with Gasteiger partial charge in [0.25, 0.3) is 0 Å². The van der Waals surface area contributed by atoms with Crippen LogP contribution >= 0.6 is 9.69 Å². The van der Waals surface area contributed by atoms with E-state index in [2.05, 4.69) is 15.8 Å². The fourth-order valence-electron chi connectivity index (χ4n) is 0.605.